The summed E-state index contributed by atoms with van der Waals surface area (Å²) in [7, 11) is -2.89. The van der Waals surface area contributed by atoms with E-state index < -0.39 is 8.07 Å². The molecule has 0 unspecified atom stereocenters. The van der Waals surface area contributed by atoms with E-state index in [1.165, 1.54) is 43.0 Å². The third-order valence-corrected chi connectivity index (χ3v) is 22.1. The second-order valence-electron chi connectivity index (χ2n) is 24.7. The first-order chi connectivity index (χ1) is 40.3. The van der Waals surface area contributed by atoms with Crippen LogP contribution in [0, 0.1) is 18.5 Å². The van der Waals surface area contributed by atoms with Crippen LogP contribution in [0.25, 0.3) is 72.3 Å². The predicted octanol–water partition coefficient (Wildman–Crippen LogP) is 15.6. The van der Waals surface area contributed by atoms with E-state index in [0.29, 0.717) is 11.5 Å². The van der Waals surface area contributed by atoms with Crippen LogP contribution in [0.15, 0.2) is 249 Å². The van der Waals surface area contributed by atoms with Crippen LogP contribution >= 0.6 is 0 Å². The van der Waals surface area contributed by atoms with Gasteiger partial charge in [-0.05, 0) is 112 Å². The van der Waals surface area contributed by atoms with Crippen LogP contribution in [0.5, 0.6) is 11.5 Å². The monoisotopic (exact) mass is 1280 g/mol. The molecule has 0 atom stereocenters. The Kier molecular flexibility index (Phi) is 13.8. The normalized spacial score (nSPS) is 13.7. The number of benzene rings is 10. The van der Waals surface area contributed by atoms with Crippen molar-refractivity contribution in [2.24, 2.45) is 0 Å². The van der Waals surface area contributed by atoms with E-state index in [1.54, 1.807) is 0 Å². The molecule has 5 nitrogen and oxygen atoms in total. The molecule has 0 saturated carbocycles. The number of imidazole rings is 1. The zero-order valence-electron chi connectivity index (χ0n) is 48.4. The van der Waals surface area contributed by atoms with Gasteiger partial charge in [-0.25, -0.2) is 4.98 Å². The molecule has 1 aliphatic rings. The standard InChI is InChI=1S/C77H64N4OSi.Pt/c1-75(2,3)55-44-45-78-73(48-55)81-69-37-18-17-34-65(69)66-42-41-58(50-72(66)81)82-57-26-22-25-56(49-57)79-52-80(71-39-20-19-38-70(71)79)74-63(35-23-36-64(74)54-40-43-67-68(47-54)77(6,7)51-76(67,4)5)53-24-21-33-62(46-53)83(59-27-11-8-12-28-59,60-29-13-9-14-30-60)61-31-15-10-16-32-61;/h8-48H,51H2,1-7H3;/q-2;. The maximum Gasteiger partial charge on any atom is 0.268 e. The molecule has 0 radical (unpaired) electrons. The Hall–Kier alpha value is -8.67. The van der Waals surface area contributed by atoms with Gasteiger partial charge in [-0.1, -0.05) is 248 Å². The number of hydrogen-bond acceptors (Lipinski definition) is 2. The molecular weight excluding hydrogens is 1220 g/mol. The van der Waals surface area contributed by atoms with Crippen LogP contribution in [0.1, 0.15) is 71.6 Å². The van der Waals surface area contributed by atoms with Crippen molar-refractivity contribution in [2.75, 3.05) is 0 Å². The summed E-state index contributed by atoms with van der Waals surface area (Å²) in [6.07, 6.45) is 6.95. The van der Waals surface area contributed by atoms with Gasteiger partial charge in [-0.2, -0.15) is 18.2 Å². The minimum Gasteiger partial charge on any atom is -0.510 e. The molecule has 10 aromatic carbocycles. The third-order valence-electron chi connectivity index (χ3n) is 17.3. The number of hydrogen-bond donors (Lipinski definition) is 0. The first-order valence-electron chi connectivity index (χ1n) is 28.9. The molecule has 3 aromatic heterocycles. The summed E-state index contributed by atoms with van der Waals surface area (Å²) < 4.78 is 13.4. The Morgan fingerprint density at radius 2 is 1.10 bits per heavy atom. The minimum atomic E-state index is -2.89. The van der Waals surface area contributed by atoms with Gasteiger partial charge in [-0.15, -0.1) is 29.7 Å². The third kappa shape index (κ3) is 9.28. The minimum absolute atomic E-state index is 0. The van der Waals surface area contributed by atoms with Gasteiger partial charge in [0.05, 0.1) is 16.7 Å². The molecular formula is C77H64N4OPtSi-2. The fourth-order valence-corrected chi connectivity index (χ4v) is 18.5. The molecule has 0 saturated heterocycles. The van der Waals surface area contributed by atoms with Crippen LogP contribution < -0.4 is 30.1 Å². The number of pyridine rings is 1. The van der Waals surface area contributed by atoms with Crippen molar-refractivity contribution in [3.05, 3.63) is 284 Å². The zero-order valence-corrected chi connectivity index (χ0v) is 51.7. The van der Waals surface area contributed by atoms with Gasteiger partial charge >= 0.3 is 0 Å². The van der Waals surface area contributed by atoms with Crippen LogP contribution in [0.3, 0.4) is 0 Å². The molecule has 14 rings (SSSR count). The molecule has 3 heterocycles. The average molecular weight is 1280 g/mol. The van der Waals surface area contributed by atoms with E-state index in [1.807, 2.05) is 24.4 Å². The fourth-order valence-electron chi connectivity index (χ4n) is 13.7. The Bertz CT molecular complexity index is 4520. The van der Waals surface area contributed by atoms with Gasteiger partial charge in [0.1, 0.15) is 5.82 Å². The quantitative estimate of drug-likeness (QED) is 0.0560. The Labute approximate surface area is 508 Å². The molecule has 1 aliphatic carbocycles. The fraction of sp³-hybridized carbons (Fsp3) is 0.143. The van der Waals surface area contributed by atoms with Crippen LogP contribution in [0.2, 0.25) is 0 Å². The van der Waals surface area contributed by atoms with Gasteiger partial charge < -0.3 is 13.9 Å². The number of para-hydroxylation sites is 4. The van der Waals surface area contributed by atoms with Gasteiger partial charge in [-0.3, -0.25) is 4.57 Å². The van der Waals surface area contributed by atoms with Gasteiger partial charge in [0.15, 0.2) is 8.07 Å². The van der Waals surface area contributed by atoms with E-state index >= 15 is 0 Å². The number of ether oxygens (including phenoxy) is 1. The van der Waals surface area contributed by atoms with Crippen molar-refractivity contribution in [1.29, 1.82) is 0 Å². The summed E-state index contributed by atoms with van der Waals surface area (Å²) in [6, 6.07) is 96.0. The van der Waals surface area contributed by atoms with E-state index in [-0.39, 0.29) is 37.3 Å². The molecule has 0 aliphatic heterocycles. The number of fused-ring (bicyclic) bond motifs is 5. The number of aromatic nitrogens is 4. The van der Waals surface area contributed by atoms with E-state index in [4.69, 9.17) is 9.72 Å². The van der Waals surface area contributed by atoms with Crippen molar-refractivity contribution in [3.8, 4) is 50.9 Å². The second-order valence-corrected chi connectivity index (χ2v) is 28.5. The molecule has 13 aromatic rings. The first kappa shape index (κ1) is 54.6. The molecule has 84 heavy (non-hydrogen) atoms. The SMILES string of the molecule is CC(C)(C)c1ccnc(-n2c3[c-]c(Oc4[c-]c(-n5[c-][n+](-c6c(-c7cccc([Si](c8ccccc8)(c8ccccc8)c8ccccc8)c7)cccc6-c6ccc7c(c6)C(C)(C)CC7(C)C)c6ccccc65)ccc4)ccc3c3ccccc32)c1.[Pt]. The number of rotatable bonds is 11. The Balaban J connectivity index is 0.00000658. The molecule has 0 fully saturated rings. The maximum atomic E-state index is 6.80. The topological polar surface area (TPSA) is 35.9 Å². The molecule has 0 bridgehead atoms. The maximum absolute atomic E-state index is 6.80. The summed E-state index contributed by atoms with van der Waals surface area (Å²) in [4.78, 5) is 4.91. The van der Waals surface area contributed by atoms with Crippen LogP contribution in [-0.4, -0.2) is 22.2 Å². The zero-order chi connectivity index (χ0) is 56.7. The van der Waals surface area contributed by atoms with Crippen molar-refractivity contribution < 1.29 is 30.4 Å². The smallest absolute Gasteiger partial charge is 0.268 e. The summed E-state index contributed by atoms with van der Waals surface area (Å²) in [6.45, 7) is 16.3. The summed E-state index contributed by atoms with van der Waals surface area (Å²) in [5.74, 6) is 1.99. The van der Waals surface area contributed by atoms with Crippen molar-refractivity contribution in [3.63, 3.8) is 0 Å². The number of nitrogens with zero attached hydrogens (tertiary/aromatic N) is 4. The van der Waals surface area contributed by atoms with E-state index in [9.17, 15) is 0 Å². The largest absolute Gasteiger partial charge is 0.510 e. The van der Waals surface area contributed by atoms with Gasteiger partial charge in [0.25, 0.3) is 6.33 Å². The molecule has 414 valence electrons. The van der Waals surface area contributed by atoms with Gasteiger partial charge in [0, 0.05) is 44.3 Å². The van der Waals surface area contributed by atoms with Crippen LogP contribution in [0.4, 0.5) is 0 Å². The molecule has 0 amide bonds. The summed E-state index contributed by atoms with van der Waals surface area (Å²) >= 11 is 0. The molecule has 0 N–H and O–H groups in total. The Morgan fingerprint density at radius 3 is 1.79 bits per heavy atom. The molecule has 7 heteroatoms. The van der Waals surface area contributed by atoms with Crippen molar-refractivity contribution in [2.45, 2.75) is 71.1 Å². The van der Waals surface area contributed by atoms with Crippen molar-refractivity contribution in [1.82, 2.24) is 14.1 Å². The second kappa shape index (κ2) is 21.2. The first-order valence-corrected chi connectivity index (χ1v) is 30.9. The van der Waals surface area contributed by atoms with Gasteiger partial charge in [0.2, 0.25) is 0 Å². The average Bonchev–Trinajstić information content (AvgIpc) is 1.81. The van der Waals surface area contributed by atoms with Crippen molar-refractivity contribution >= 4 is 61.7 Å². The Morgan fingerprint density at radius 1 is 0.512 bits per heavy atom. The van der Waals surface area contributed by atoms with E-state index in [0.717, 1.165) is 73.1 Å². The molecule has 0 spiro atoms. The predicted molar refractivity (Wildman–Crippen MR) is 344 cm³/mol. The summed E-state index contributed by atoms with van der Waals surface area (Å²) in [5, 5.41) is 7.52. The summed E-state index contributed by atoms with van der Waals surface area (Å²) in [5.41, 5.74) is 14.4. The van der Waals surface area contributed by atoms with Crippen LogP contribution in [-0.2, 0) is 37.3 Å². The van der Waals surface area contributed by atoms with E-state index in [2.05, 4.69) is 305 Å².